The van der Waals surface area contributed by atoms with E-state index in [-0.39, 0.29) is 12.7 Å². The van der Waals surface area contributed by atoms with Gasteiger partial charge in [-0.25, -0.2) is 0 Å². The number of carbonyl (C=O) groups is 1. The van der Waals surface area contributed by atoms with Crippen molar-refractivity contribution in [3.05, 3.63) is 53.6 Å². The van der Waals surface area contributed by atoms with Crippen molar-refractivity contribution in [2.24, 2.45) is 0 Å². The smallest absolute Gasteiger partial charge is 0.234 e. The molecular formula is C19H20N2O4. The number of amides is 1. The van der Waals surface area contributed by atoms with Crippen LogP contribution in [0.15, 0.2) is 42.5 Å². The third-order valence-corrected chi connectivity index (χ3v) is 4.33. The first-order chi connectivity index (χ1) is 12.3. The Labute approximate surface area is 146 Å². The number of hydrogen-bond donors (Lipinski definition) is 1. The third kappa shape index (κ3) is 3.69. The summed E-state index contributed by atoms with van der Waals surface area (Å²) in [5, 5.41) is 2.96. The minimum atomic E-state index is -0.00273. The van der Waals surface area contributed by atoms with Gasteiger partial charge in [-0.3, -0.25) is 9.69 Å². The number of benzene rings is 2. The topological polar surface area (TPSA) is 60.0 Å². The number of rotatable bonds is 4. The van der Waals surface area contributed by atoms with E-state index in [2.05, 4.69) is 10.2 Å². The van der Waals surface area contributed by atoms with Crippen molar-refractivity contribution in [1.29, 1.82) is 0 Å². The number of para-hydroxylation sites is 1. The van der Waals surface area contributed by atoms with E-state index in [1.165, 1.54) is 0 Å². The Balaban J connectivity index is 1.32. The maximum absolute atomic E-state index is 12.3. The molecule has 130 valence electrons. The molecule has 0 aliphatic carbocycles. The molecule has 0 unspecified atom stereocenters. The van der Waals surface area contributed by atoms with Crippen LogP contribution in [0.25, 0.3) is 0 Å². The van der Waals surface area contributed by atoms with Crippen LogP contribution in [0.1, 0.15) is 11.1 Å². The molecule has 2 aromatic rings. The van der Waals surface area contributed by atoms with E-state index in [9.17, 15) is 4.79 Å². The summed E-state index contributed by atoms with van der Waals surface area (Å²) < 4.78 is 16.4. The number of carbonyl (C=O) groups excluding carboxylic acids is 1. The predicted octanol–water partition coefficient (Wildman–Crippen LogP) is 1.93. The van der Waals surface area contributed by atoms with Crippen LogP contribution < -0.4 is 19.5 Å². The molecule has 0 radical (unpaired) electrons. The Kier molecular flexibility index (Phi) is 4.43. The summed E-state index contributed by atoms with van der Waals surface area (Å²) in [7, 11) is 0. The Hall–Kier alpha value is -2.73. The molecular weight excluding hydrogens is 320 g/mol. The summed E-state index contributed by atoms with van der Waals surface area (Å²) >= 11 is 0. The van der Waals surface area contributed by atoms with E-state index >= 15 is 0 Å². The fourth-order valence-corrected chi connectivity index (χ4v) is 3.03. The Morgan fingerprint density at radius 3 is 2.88 bits per heavy atom. The zero-order valence-electron chi connectivity index (χ0n) is 13.9. The first-order valence-electron chi connectivity index (χ1n) is 8.36. The molecule has 0 saturated heterocycles. The van der Waals surface area contributed by atoms with E-state index in [1.54, 1.807) is 0 Å². The van der Waals surface area contributed by atoms with Gasteiger partial charge in [-0.2, -0.15) is 0 Å². The molecule has 25 heavy (non-hydrogen) atoms. The lowest BCUT2D eigenvalue weighted by molar-refractivity contribution is -0.122. The minimum Gasteiger partial charge on any atom is -0.492 e. The first-order valence-corrected chi connectivity index (χ1v) is 8.36. The number of nitrogens with zero attached hydrogens (tertiary/aromatic N) is 1. The molecule has 0 atom stereocenters. The molecule has 6 nitrogen and oxygen atoms in total. The van der Waals surface area contributed by atoms with E-state index in [4.69, 9.17) is 14.2 Å². The van der Waals surface area contributed by atoms with Crippen molar-refractivity contribution in [3.63, 3.8) is 0 Å². The molecule has 0 aromatic heterocycles. The third-order valence-electron chi connectivity index (χ3n) is 4.33. The second kappa shape index (κ2) is 7.03. The number of hydrogen-bond acceptors (Lipinski definition) is 5. The Morgan fingerprint density at radius 2 is 1.92 bits per heavy atom. The average Bonchev–Trinajstić information content (AvgIpc) is 2.99. The zero-order valence-corrected chi connectivity index (χ0v) is 13.9. The van der Waals surface area contributed by atoms with Gasteiger partial charge in [0.25, 0.3) is 0 Å². The fraction of sp³-hybridized carbons (Fsp3) is 0.316. The Bertz CT molecular complexity index is 778. The number of ether oxygens (including phenoxy) is 3. The SMILES string of the molecule is O=C(CN1CCOc2ccccc2C1)NCc1ccc2c(c1)OCO2. The highest BCUT2D eigenvalue weighted by Crippen LogP contribution is 2.32. The van der Waals surface area contributed by atoms with Crippen LogP contribution in [0.3, 0.4) is 0 Å². The summed E-state index contributed by atoms with van der Waals surface area (Å²) in [6, 6.07) is 13.7. The fourth-order valence-electron chi connectivity index (χ4n) is 3.03. The molecule has 0 fully saturated rings. The quantitative estimate of drug-likeness (QED) is 0.922. The van der Waals surface area contributed by atoms with Crippen LogP contribution >= 0.6 is 0 Å². The van der Waals surface area contributed by atoms with Crippen LogP contribution in [0.2, 0.25) is 0 Å². The molecule has 2 aliphatic rings. The largest absolute Gasteiger partial charge is 0.492 e. The van der Waals surface area contributed by atoms with Gasteiger partial charge < -0.3 is 19.5 Å². The van der Waals surface area contributed by atoms with Gasteiger partial charge in [0, 0.05) is 25.2 Å². The maximum atomic E-state index is 12.3. The van der Waals surface area contributed by atoms with Gasteiger partial charge in [-0.15, -0.1) is 0 Å². The summed E-state index contributed by atoms with van der Waals surface area (Å²) in [4.78, 5) is 14.4. The van der Waals surface area contributed by atoms with Crippen molar-refractivity contribution >= 4 is 5.91 Å². The van der Waals surface area contributed by atoms with Crippen LogP contribution in [0.4, 0.5) is 0 Å². The van der Waals surface area contributed by atoms with E-state index in [0.29, 0.717) is 26.2 Å². The molecule has 0 spiro atoms. The average molecular weight is 340 g/mol. The van der Waals surface area contributed by atoms with Gasteiger partial charge in [0.15, 0.2) is 11.5 Å². The van der Waals surface area contributed by atoms with Crippen LogP contribution in [-0.2, 0) is 17.9 Å². The normalized spacial score (nSPS) is 15.8. The van der Waals surface area contributed by atoms with E-state index < -0.39 is 0 Å². The lowest BCUT2D eigenvalue weighted by atomic mass is 10.2. The minimum absolute atomic E-state index is 0.00273. The summed E-state index contributed by atoms with van der Waals surface area (Å²) in [6.07, 6.45) is 0. The molecule has 1 N–H and O–H groups in total. The van der Waals surface area contributed by atoms with E-state index in [0.717, 1.165) is 34.9 Å². The van der Waals surface area contributed by atoms with Crippen molar-refractivity contribution < 1.29 is 19.0 Å². The van der Waals surface area contributed by atoms with Gasteiger partial charge in [0.05, 0.1) is 6.54 Å². The maximum Gasteiger partial charge on any atom is 0.234 e. The van der Waals surface area contributed by atoms with Gasteiger partial charge in [-0.05, 0) is 23.8 Å². The molecule has 4 rings (SSSR count). The highest BCUT2D eigenvalue weighted by atomic mass is 16.7. The molecule has 2 heterocycles. The zero-order chi connectivity index (χ0) is 17.1. The van der Waals surface area contributed by atoms with Crippen molar-refractivity contribution in [1.82, 2.24) is 10.2 Å². The van der Waals surface area contributed by atoms with Crippen molar-refractivity contribution in [3.8, 4) is 17.2 Å². The van der Waals surface area contributed by atoms with Crippen LogP contribution in [0.5, 0.6) is 17.2 Å². The van der Waals surface area contributed by atoms with Crippen LogP contribution in [-0.4, -0.2) is 37.3 Å². The molecule has 2 aromatic carbocycles. The summed E-state index contributed by atoms with van der Waals surface area (Å²) in [5.74, 6) is 2.38. The number of fused-ring (bicyclic) bond motifs is 2. The second-order valence-electron chi connectivity index (χ2n) is 6.13. The molecule has 2 aliphatic heterocycles. The van der Waals surface area contributed by atoms with Gasteiger partial charge in [0.2, 0.25) is 12.7 Å². The van der Waals surface area contributed by atoms with Gasteiger partial charge in [-0.1, -0.05) is 24.3 Å². The summed E-state index contributed by atoms with van der Waals surface area (Å²) in [5.41, 5.74) is 2.10. The lowest BCUT2D eigenvalue weighted by Gasteiger charge is -2.18. The summed E-state index contributed by atoms with van der Waals surface area (Å²) in [6.45, 7) is 3.11. The highest BCUT2D eigenvalue weighted by Gasteiger charge is 2.18. The van der Waals surface area contributed by atoms with Crippen LogP contribution in [0, 0.1) is 0 Å². The lowest BCUT2D eigenvalue weighted by Crippen LogP contribution is -2.37. The molecule has 6 heteroatoms. The monoisotopic (exact) mass is 340 g/mol. The second-order valence-corrected chi connectivity index (χ2v) is 6.13. The predicted molar refractivity (Wildman–Crippen MR) is 91.6 cm³/mol. The Morgan fingerprint density at radius 1 is 1.04 bits per heavy atom. The number of nitrogens with one attached hydrogen (secondary N) is 1. The van der Waals surface area contributed by atoms with Gasteiger partial charge >= 0.3 is 0 Å². The molecule has 0 bridgehead atoms. The molecule has 0 saturated carbocycles. The van der Waals surface area contributed by atoms with E-state index in [1.807, 2.05) is 42.5 Å². The first kappa shape index (κ1) is 15.8. The van der Waals surface area contributed by atoms with Gasteiger partial charge in [0.1, 0.15) is 12.4 Å². The molecule has 1 amide bonds. The van der Waals surface area contributed by atoms with Crippen molar-refractivity contribution in [2.45, 2.75) is 13.1 Å². The standard InChI is InChI=1S/C19H20N2O4/c22-19(20-10-14-5-6-17-18(9-14)25-13-24-17)12-21-7-8-23-16-4-2-1-3-15(16)11-21/h1-6,9H,7-8,10-13H2,(H,20,22). The van der Waals surface area contributed by atoms with Crippen molar-refractivity contribution in [2.75, 3.05) is 26.5 Å². The highest BCUT2D eigenvalue weighted by molar-refractivity contribution is 5.78.